The topological polar surface area (TPSA) is 96.9 Å². The molecule has 0 bridgehead atoms. The Bertz CT molecular complexity index is 594. The van der Waals surface area contributed by atoms with E-state index in [1.807, 2.05) is 27.7 Å². The summed E-state index contributed by atoms with van der Waals surface area (Å²) in [5.74, 6) is 0.200. The van der Waals surface area contributed by atoms with Crippen molar-refractivity contribution in [2.75, 3.05) is 20.8 Å². The molecule has 0 spiro atoms. The van der Waals surface area contributed by atoms with Crippen molar-refractivity contribution in [3.8, 4) is 11.5 Å². The Morgan fingerprint density at radius 3 is 1.88 bits per heavy atom. The maximum atomic E-state index is 12.6. The predicted octanol–water partition coefficient (Wildman–Crippen LogP) is 1.59. The Morgan fingerprint density at radius 2 is 1.50 bits per heavy atom. The number of rotatable bonds is 9. The summed E-state index contributed by atoms with van der Waals surface area (Å²) in [6.45, 7) is 7.36. The minimum atomic E-state index is -0.729. The molecule has 26 heavy (non-hydrogen) atoms. The predicted molar refractivity (Wildman–Crippen MR) is 99.5 cm³/mol. The summed E-state index contributed by atoms with van der Waals surface area (Å²) in [6, 6.07) is 3.73. The Morgan fingerprint density at radius 1 is 0.962 bits per heavy atom. The summed E-state index contributed by atoms with van der Waals surface area (Å²) in [5.41, 5.74) is 0.335. The fraction of sp³-hybridized carbons (Fsp3) is 0.579. The van der Waals surface area contributed by atoms with Gasteiger partial charge in [-0.05, 0) is 24.0 Å². The van der Waals surface area contributed by atoms with Crippen LogP contribution in [0.3, 0.4) is 0 Å². The molecule has 0 fully saturated rings. The molecule has 2 amide bonds. The normalized spacial score (nSPS) is 13.3. The Hall–Kier alpha value is -2.28. The van der Waals surface area contributed by atoms with E-state index < -0.39 is 11.9 Å². The van der Waals surface area contributed by atoms with Crippen LogP contribution in [0, 0.1) is 11.8 Å². The highest BCUT2D eigenvalue weighted by Crippen LogP contribution is 2.22. The number of carbonyl (C=O) groups is 2. The minimum Gasteiger partial charge on any atom is -0.497 e. The fourth-order valence-electron chi connectivity index (χ4n) is 2.39. The third-order valence-electron chi connectivity index (χ3n) is 4.18. The molecule has 0 aliphatic rings. The van der Waals surface area contributed by atoms with Crippen LogP contribution in [0.25, 0.3) is 0 Å². The van der Waals surface area contributed by atoms with E-state index in [0.29, 0.717) is 17.1 Å². The van der Waals surface area contributed by atoms with Crippen LogP contribution >= 0.6 is 0 Å². The average molecular weight is 366 g/mol. The highest BCUT2D eigenvalue weighted by atomic mass is 16.5. The number of aliphatic hydroxyl groups excluding tert-OH is 1. The molecule has 146 valence electrons. The third-order valence-corrected chi connectivity index (χ3v) is 4.18. The summed E-state index contributed by atoms with van der Waals surface area (Å²) in [7, 11) is 3.00. The molecule has 1 aromatic carbocycles. The lowest BCUT2D eigenvalue weighted by Gasteiger charge is -2.26. The summed E-state index contributed by atoms with van der Waals surface area (Å²) < 4.78 is 10.3. The van der Waals surface area contributed by atoms with Gasteiger partial charge in [-0.15, -0.1) is 0 Å². The number of benzene rings is 1. The van der Waals surface area contributed by atoms with Crippen LogP contribution < -0.4 is 20.1 Å². The molecular formula is C19H30N2O5. The van der Waals surface area contributed by atoms with E-state index in [2.05, 4.69) is 10.6 Å². The summed E-state index contributed by atoms with van der Waals surface area (Å²) in [6.07, 6.45) is 0. The first-order chi connectivity index (χ1) is 12.2. The van der Waals surface area contributed by atoms with Crippen LogP contribution in [0.5, 0.6) is 11.5 Å². The number of methoxy groups -OCH3 is 2. The van der Waals surface area contributed by atoms with Crippen LogP contribution in [0.4, 0.5) is 0 Å². The first-order valence-electron chi connectivity index (χ1n) is 8.68. The number of hydrogen-bond donors (Lipinski definition) is 3. The van der Waals surface area contributed by atoms with Crippen molar-refractivity contribution in [3.05, 3.63) is 23.8 Å². The highest BCUT2D eigenvalue weighted by Gasteiger charge is 2.27. The number of nitrogens with one attached hydrogen (secondary N) is 2. The molecule has 0 aliphatic carbocycles. The quantitative estimate of drug-likeness (QED) is 0.617. The minimum absolute atomic E-state index is 0.0788. The zero-order chi connectivity index (χ0) is 19.9. The molecule has 7 nitrogen and oxygen atoms in total. The first kappa shape index (κ1) is 21.8. The van der Waals surface area contributed by atoms with E-state index >= 15 is 0 Å². The van der Waals surface area contributed by atoms with E-state index in [1.54, 1.807) is 18.2 Å². The van der Waals surface area contributed by atoms with Crippen LogP contribution in [0.2, 0.25) is 0 Å². The monoisotopic (exact) mass is 366 g/mol. The second-order valence-corrected chi connectivity index (χ2v) is 6.84. The van der Waals surface area contributed by atoms with Gasteiger partial charge >= 0.3 is 0 Å². The molecule has 0 heterocycles. The molecule has 0 radical (unpaired) electrons. The van der Waals surface area contributed by atoms with Crippen LogP contribution in [-0.2, 0) is 4.79 Å². The number of amides is 2. The average Bonchev–Trinajstić information content (AvgIpc) is 2.62. The van der Waals surface area contributed by atoms with Gasteiger partial charge in [0.25, 0.3) is 5.91 Å². The molecule has 0 unspecified atom stereocenters. The van der Waals surface area contributed by atoms with Gasteiger partial charge in [0.1, 0.15) is 17.5 Å². The highest BCUT2D eigenvalue weighted by molar-refractivity contribution is 5.98. The molecular weight excluding hydrogens is 336 g/mol. The Balaban J connectivity index is 2.96. The van der Waals surface area contributed by atoms with Crippen molar-refractivity contribution in [1.82, 2.24) is 10.6 Å². The molecule has 0 aromatic heterocycles. The maximum Gasteiger partial charge on any atom is 0.252 e. The second-order valence-electron chi connectivity index (χ2n) is 6.84. The molecule has 0 saturated carbocycles. The lowest BCUT2D eigenvalue weighted by molar-refractivity contribution is -0.125. The molecule has 1 aromatic rings. The van der Waals surface area contributed by atoms with E-state index in [0.717, 1.165) is 0 Å². The Labute approximate surface area is 155 Å². The van der Waals surface area contributed by atoms with E-state index in [4.69, 9.17) is 9.47 Å². The van der Waals surface area contributed by atoms with Crippen molar-refractivity contribution in [3.63, 3.8) is 0 Å². The van der Waals surface area contributed by atoms with Gasteiger partial charge in [0.2, 0.25) is 5.91 Å². The van der Waals surface area contributed by atoms with Crippen LogP contribution in [0.1, 0.15) is 38.1 Å². The Kier molecular flexibility index (Phi) is 8.38. The fourth-order valence-corrected chi connectivity index (χ4v) is 2.39. The van der Waals surface area contributed by atoms with Crippen molar-refractivity contribution in [2.45, 2.75) is 39.8 Å². The van der Waals surface area contributed by atoms with Gasteiger partial charge in [-0.25, -0.2) is 0 Å². The zero-order valence-corrected chi connectivity index (χ0v) is 16.3. The van der Waals surface area contributed by atoms with Gasteiger partial charge in [0.15, 0.2) is 0 Å². The summed E-state index contributed by atoms with van der Waals surface area (Å²) in [4.78, 5) is 25.2. The van der Waals surface area contributed by atoms with Gasteiger partial charge in [0.05, 0.1) is 26.9 Å². The SMILES string of the molecule is COc1cc(OC)cc(C(=O)N[C@@H](C(=O)N[C@H](CO)C(C)C)C(C)C)c1. The zero-order valence-electron chi connectivity index (χ0n) is 16.3. The van der Waals surface area contributed by atoms with E-state index in [9.17, 15) is 14.7 Å². The summed E-state index contributed by atoms with van der Waals surface area (Å²) >= 11 is 0. The second kappa shape index (κ2) is 10.0. The first-order valence-corrected chi connectivity index (χ1v) is 8.68. The maximum absolute atomic E-state index is 12.6. The van der Waals surface area contributed by atoms with Crippen LogP contribution in [-0.4, -0.2) is 49.8 Å². The van der Waals surface area contributed by atoms with Gasteiger partial charge in [0, 0.05) is 11.6 Å². The van der Waals surface area contributed by atoms with Gasteiger partial charge < -0.3 is 25.2 Å². The lowest BCUT2D eigenvalue weighted by atomic mass is 10.00. The van der Waals surface area contributed by atoms with Gasteiger partial charge in [-0.1, -0.05) is 27.7 Å². The summed E-state index contributed by atoms with van der Waals surface area (Å²) in [5, 5.41) is 15.0. The number of hydrogen-bond acceptors (Lipinski definition) is 5. The molecule has 2 atom stereocenters. The van der Waals surface area contributed by atoms with Crippen LogP contribution in [0.15, 0.2) is 18.2 Å². The van der Waals surface area contributed by atoms with Crippen molar-refractivity contribution in [2.24, 2.45) is 11.8 Å². The molecule has 7 heteroatoms. The largest absolute Gasteiger partial charge is 0.497 e. The lowest BCUT2D eigenvalue weighted by Crippen LogP contribution is -2.53. The molecule has 3 N–H and O–H groups in total. The van der Waals surface area contributed by atoms with Gasteiger partial charge in [-0.3, -0.25) is 9.59 Å². The number of ether oxygens (including phenoxy) is 2. The van der Waals surface area contributed by atoms with E-state index in [1.165, 1.54) is 14.2 Å². The molecule has 0 aliphatic heterocycles. The van der Waals surface area contributed by atoms with Crippen molar-refractivity contribution >= 4 is 11.8 Å². The van der Waals surface area contributed by atoms with E-state index in [-0.39, 0.29) is 30.4 Å². The molecule has 0 saturated heterocycles. The third kappa shape index (κ3) is 5.91. The molecule has 1 rings (SSSR count). The number of carbonyl (C=O) groups excluding carboxylic acids is 2. The number of aliphatic hydroxyl groups is 1. The standard InChI is InChI=1S/C19H30N2O5/c1-11(2)16(10-22)20-19(24)17(12(3)4)21-18(23)13-7-14(25-5)9-15(8-13)26-6/h7-9,11-12,16-17,22H,10H2,1-6H3,(H,20,24)(H,21,23)/t16-,17-/m1/s1. The smallest absolute Gasteiger partial charge is 0.252 e. The van der Waals surface area contributed by atoms with Crippen molar-refractivity contribution < 1.29 is 24.2 Å². The van der Waals surface area contributed by atoms with Gasteiger partial charge in [-0.2, -0.15) is 0 Å². The van der Waals surface area contributed by atoms with Crippen molar-refractivity contribution in [1.29, 1.82) is 0 Å².